The molecule has 0 radical (unpaired) electrons. The fourth-order valence-electron chi connectivity index (χ4n) is 1.38. The summed E-state index contributed by atoms with van der Waals surface area (Å²) < 4.78 is 5.33. The minimum absolute atomic E-state index is 0.530. The van der Waals surface area contributed by atoms with Crippen LogP contribution in [0.4, 0.5) is 5.69 Å². The SMILES string of the molecule is CCOCCN(CC)c1ccnc(Cl)c1. The second kappa shape index (κ2) is 6.64. The largest absolute Gasteiger partial charge is 0.380 e. The van der Waals surface area contributed by atoms with Gasteiger partial charge in [0.05, 0.1) is 6.61 Å². The summed E-state index contributed by atoms with van der Waals surface area (Å²) in [6, 6.07) is 3.83. The molecule has 0 atom stereocenters. The second-order valence-corrected chi connectivity index (χ2v) is 3.50. The smallest absolute Gasteiger partial charge is 0.131 e. The molecule has 4 heteroatoms. The molecule has 0 aliphatic heterocycles. The molecule has 1 heterocycles. The summed E-state index contributed by atoms with van der Waals surface area (Å²) in [6.07, 6.45) is 1.72. The first kappa shape index (κ1) is 12.3. The van der Waals surface area contributed by atoms with Crippen LogP contribution in [0, 0.1) is 0 Å². The standard InChI is InChI=1S/C11H17ClN2O/c1-3-14(7-8-15-4-2)10-5-6-13-11(12)9-10/h5-6,9H,3-4,7-8H2,1-2H3. The number of halogens is 1. The summed E-state index contributed by atoms with van der Waals surface area (Å²) >= 11 is 5.84. The lowest BCUT2D eigenvalue weighted by Gasteiger charge is -2.22. The van der Waals surface area contributed by atoms with Crippen molar-refractivity contribution in [3.63, 3.8) is 0 Å². The molecule has 0 fully saturated rings. The molecule has 0 aliphatic rings. The fraction of sp³-hybridized carbons (Fsp3) is 0.545. The number of likely N-dealkylation sites (N-methyl/N-ethyl adjacent to an activating group) is 1. The number of aromatic nitrogens is 1. The van der Waals surface area contributed by atoms with Crippen LogP contribution in [-0.4, -0.2) is 31.3 Å². The highest BCUT2D eigenvalue weighted by Crippen LogP contribution is 2.16. The molecule has 0 amide bonds. The van der Waals surface area contributed by atoms with E-state index >= 15 is 0 Å². The Balaban J connectivity index is 2.57. The zero-order valence-electron chi connectivity index (χ0n) is 9.24. The summed E-state index contributed by atoms with van der Waals surface area (Å²) in [7, 11) is 0. The van der Waals surface area contributed by atoms with E-state index < -0.39 is 0 Å². The fourth-order valence-corrected chi connectivity index (χ4v) is 1.55. The van der Waals surface area contributed by atoms with Crippen molar-refractivity contribution in [3.8, 4) is 0 Å². The third-order valence-electron chi connectivity index (χ3n) is 2.17. The lowest BCUT2D eigenvalue weighted by molar-refractivity contribution is 0.154. The first-order valence-electron chi connectivity index (χ1n) is 5.22. The van der Waals surface area contributed by atoms with Crippen molar-refractivity contribution in [2.75, 3.05) is 31.2 Å². The average molecular weight is 229 g/mol. The normalized spacial score (nSPS) is 10.3. The van der Waals surface area contributed by atoms with E-state index in [9.17, 15) is 0 Å². The monoisotopic (exact) mass is 228 g/mol. The van der Waals surface area contributed by atoms with Gasteiger partial charge in [-0.25, -0.2) is 4.98 Å². The van der Waals surface area contributed by atoms with E-state index in [4.69, 9.17) is 16.3 Å². The minimum Gasteiger partial charge on any atom is -0.380 e. The van der Waals surface area contributed by atoms with Gasteiger partial charge in [-0.2, -0.15) is 0 Å². The Bertz CT molecular complexity index is 294. The average Bonchev–Trinajstić information content (AvgIpc) is 2.24. The van der Waals surface area contributed by atoms with Gasteiger partial charge in [0.15, 0.2) is 0 Å². The Morgan fingerprint density at radius 2 is 2.27 bits per heavy atom. The highest BCUT2D eigenvalue weighted by Gasteiger charge is 2.04. The predicted octanol–water partition coefficient (Wildman–Crippen LogP) is 2.60. The first-order chi connectivity index (χ1) is 7.27. The number of ether oxygens (including phenoxy) is 1. The van der Waals surface area contributed by atoms with E-state index in [0.29, 0.717) is 5.15 Å². The Kier molecular flexibility index (Phi) is 5.43. The van der Waals surface area contributed by atoms with Crippen molar-refractivity contribution in [1.29, 1.82) is 0 Å². The molecule has 0 saturated carbocycles. The summed E-state index contributed by atoms with van der Waals surface area (Å²) in [5.41, 5.74) is 1.09. The van der Waals surface area contributed by atoms with E-state index in [-0.39, 0.29) is 0 Å². The topological polar surface area (TPSA) is 25.4 Å². The molecular weight excluding hydrogens is 212 g/mol. The van der Waals surface area contributed by atoms with Gasteiger partial charge in [-0.15, -0.1) is 0 Å². The van der Waals surface area contributed by atoms with Crippen LogP contribution in [0.2, 0.25) is 5.15 Å². The van der Waals surface area contributed by atoms with E-state index in [0.717, 1.165) is 32.0 Å². The maximum absolute atomic E-state index is 5.84. The van der Waals surface area contributed by atoms with Gasteiger partial charge in [-0.3, -0.25) is 0 Å². The Labute approximate surface area is 96.0 Å². The van der Waals surface area contributed by atoms with Gasteiger partial charge in [-0.05, 0) is 26.0 Å². The van der Waals surface area contributed by atoms with Crippen LogP contribution in [0.15, 0.2) is 18.3 Å². The molecule has 0 unspecified atom stereocenters. The molecule has 84 valence electrons. The second-order valence-electron chi connectivity index (χ2n) is 3.11. The maximum Gasteiger partial charge on any atom is 0.131 e. The molecule has 0 aliphatic carbocycles. The zero-order chi connectivity index (χ0) is 11.1. The number of anilines is 1. The van der Waals surface area contributed by atoms with Crippen molar-refractivity contribution in [2.24, 2.45) is 0 Å². The number of hydrogen-bond acceptors (Lipinski definition) is 3. The molecule has 1 rings (SSSR count). The van der Waals surface area contributed by atoms with Crippen LogP contribution in [-0.2, 0) is 4.74 Å². The summed E-state index contributed by atoms with van der Waals surface area (Å²) in [6.45, 7) is 7.43. The van der Waals surface area contributed by atoms with Gasteiger partial charge in [0.25, 0.3) is 0 Å². The number of hydrogen-bond donors (Lipinski definition) is 0. The minimum atomic E-state index is 0.530. The highest BCUT2D eigenvalue weighted by molar-refractivity contribution is 6.29. The van der Waals surface area contributed by atoms with Crippen LogP contribution in [0.1, 0.15) is 13.8 Å². The maximum atomic E-state index is 5.84. The van der Waals surface area contributed by atoms with Crippen molar-refractivity contribution < 1.29 is 4.74 Å². The van der Waals surface area contributed by atoms with Crippen LogP contribution in [0.5, 0.6) is 0 Å². The lowest BCUT2D eigenvalue weighted by atomic mass is 10.3. The molecule has 15 heavy (non-hydrogen) atoms. The Morgan fingerprint density at radius 1 is 1.47 bits per heavy atom. The summed E-state index contributed by atoms with van der Waals surface area (Å²) in [4.78, 5) is 6.17. The quantitative estimate of drug-likeness (QED) is 0.553. The van der Waals surface area contributed by atoms with Gasteiger partial charge in [0.1, 0.15) is 5.15 Å². The first-order valence-corrected chi connectivity index (χ1v) is 5.60. The lowest BCUT2D eigenvalue weighted by Crippen LogP contribution is -2.27. The van der Waals surface area contributed by atoms with Crippen LogP contribution < -0.4 is 4.90 Å². The van der Waals surface area contributed by atoms with E-state index in [2.05, 4.69) is 16.8 Å². The van der Waals surface area contributed by atoms with Gasteiger partial charge in [-0.1, -0.05) is 11.6 Å². The van der Waals surface area contributed by atoms with E-state index in [1.54, 1.807) is 6.20 Å². The van der Waals surface area contributed by atoms with Gasteiger partial charge < -0.3 is 9.64 Å². The van der Waals surface area contributed by atoms with E-state index in [1.165, 1.54) is 0 Å². The van der Waals surface area contributed by atoms with Crippen LogP contribution >= 0.6 is 11.6 Å². The molecule has 0 spiro atoms. The molecular formula is C11H17ClN2O. The molecule has 1 aromatic rings. The van der Waals surface area contributed by atoms with Crippen molar-refractivity contribution in [3.05, 3.63) is 23.5 Å². The third kappa shape index (κ3) is 4.06. The Hall–Kier alpha value is -0.800. The molecule has 0 aromatic carbocycles. The van der Waals surface area contributed by atoms with Crippen molar-refractivity contribution in [1.82, 2.24) is 4.98 Å². The molecule has 1 aromatic heterocycles. The van der Waals surface area contributed by atoms with Crippen molar-refractivity contribution in [2.45, 2.75) is 13.8 Å². The number of pyridine rings is 1. The molecule has 0 saturated heterocycles. The van der Waals surface area contributed by atoms with Gasteiger partial charge in [0, 0.05) is 31.6 Å². The highest BCUT2D eigenvalue weighted by atomic mass is 35.5. The predicted molar refractivity (Wildman–Crippen MR) is 63.6 cm³/mol. The number of rotatable bonds is 6. The van der Waals surface area contributed by atoms with Crippen molar-refractivity contribution >= 4 is 17.3 Å². The van der Waals surface area contributed by atoms with Gasteiger partial charge in [0.2, 0.25) is 0 Å². The van der Waals surface area contributed by atoms with E-state index in [1.807, 2.05) is 19.1 Å². The zero-order valence-corrected chi connectivity index (χ0v) is 10.00. The van der Waals surface area contributed by atoms with Gasteiger partial charge >= 0.3 is 0 Å². The molecule has 0 N–H and O–H groups in total. The van der Waals surface area contributed by atoms with Crippen LogP contribution in [0.25, 0.3) is 0 Å². The summed E-state index contributed by atoms with van der Waals surface area (Å²) in [5, 5.41) is 0.530. The van der Waals surface area contributed by atoms with Crippen LogP contribution in [0.3, 0.4) is 0 Å². The molecule has 0 bridgehead atoms. The summed E-state index contributed by atoms with van der Waals surface area (Å²) in [5.74, 6) is 0. The Morgan fingerprint density at radius 3 is 2.87 bits per heavy atom. The number of nitrogens with zero attached hydrogens (tertiary/aromatic N) is 2. The third-order valence-corrected chi connectivity index (χ3v) is 2.37. The molecule has 3 nitrogen and oxygen atoms in total.